The van der Waals surface area contributed by atoms with Crippen LogP contribution in [-0.2, 0) is 9.53 Å². The lowest BCUT2D eigenvalue weighted by molar-refractivity contribution is -0.109. The van der Waals surface area contributed by atoms with E-state index in [-0.39, 0.29) is 11.2 Å². The van der Waals surface area contributed by atoms with Gasteiger partial charge in [0, 0.05) is 18.7 Å². The highest BCUT2D eigenvalue weighted by molar-refractivity contribution is 8.13. The van der Waals surface area contributed by atoms with E-state index in [9.17, 15) is 9.59 Å². The summed E-state index contributed by atoms with van der Waals surface area (Å²) < 4.78 is 5.21. The first-order valence-electron chi connectivity index (χ1n) is 6.23. The van der Waals surface area contributed by atoms with Crippen molar-refractivity contribution in [2.24, 2.45) is 5.92 Å². The van der Waals surface area contributed by atoms with Crippen LogP contribution in [0.4, 0.5) is 4.79 Å². The Balaban J connectivity index is 4.30. The molecule has 0 radical (unpaired) electrons. The monoisotopic (exact) mass is 275 g/mol. The van der Waals surface area contributed by atoms with Crippen molar-refractivity contribution in [2.45, 2.75) is 59.6 Å². The van der Waals surface area contributed by atoms with Crippen molar-refractivity contribution in [3.8, 4) is 0 Å². The molecule has 0 spiro atoms. The molecular formula is C13H25NO3S. The predicted octanol–water partition coefficient (Wildman–Crippen LogP) is 3.21. The third-order valence-corrected chi connectivity index (χ3v) is 2.94. The number of alkyl carbamates (subject to hydrolysis) is 1. The molecule has 18 heavy (non-hydrogen) atoms. The van der Waals surface area contributed by atoms with Gasteiger partial charge in [-0.2, -0.15) is 0 Å². The van der Waals surface area contributed by atoms with Gasteiger partial charge in [0.2, 0.25) is 0 Å². The maximum absolute atomic E-state index is 11.7. The van der Waals surface area contributed by atoms with Gasteiger partial charge in [0.15, 0.2) is 5.12 Å². The van der Waals surface area contributed by atoms with Gasteiger partial charge < -0.3 is 10.1 Å². The van der Waals surface area contributed by atoms with Gasteiger partial charge in [-0.3, -0.25) is 4.79 Å². The van der Waals surface area contributed by atoms with Crippen molar-refractivity contribution < 1.29 is 14.3 Å². The Hall–Kier alpha value is -0.710. The standard InChI is InChI=1S/C13H25NO3S/c1-9(2)7-11(8-18-10(3)15)14-12(16)17-13(4,5)6/h9,11H,7-8H2,1-6H3,(H,14,16)/t11-/m1/s1. The highest BCUT2D eigenvalue weighted by Gasteiger charge is 2.20. The Kier molecular flexibility index (Phi) is 7.36. The molecule has 4 nitrogen and oxygen atoms in total. The Morgan fingerprint density at radius 2 is 1.83 bits per heavy atom. The van der Waals surface area contributed by atoms with Crippen LogP contribution in [0.2, 0.25) is 0 Å². The number of thioether (sulfide) groups is 1. The van der Waals surface area contributed by atoms with Crippen LogP contribution in [-0.4, -0.2) is 28.6 Å². The molecule has 0 aromatic rings. The highest BCUT2D eigenvalue weighted by atomic mass is 32.2. The molecule has 0 aromatic carbocycles. The molecule has 0 bridgehead atoms. The van der Waals surface area contributed by atoms with Crippen LogP contribution in [0.15, 0.2) is 0 Å². The van der Waals surface area contributed by atoms with Gasteiger partial charge in [-0.1, -0.05) is 25.6 Å². The number of carbonyl (C=O) groups excluding carboxylic acids is 2. The second-order valence-corrected chi connectivity index (χ2v) is 6.97. The molecule has 0 rings (SSSR count). The minimum Gasteiger partial charge on any atom is -0.444 e. The number of ether oxygens (including phenoxy) is 1. The van der Waals surface area contributed by atoms with Crippen LogP contribution >= 0.6 is 11.8 Å². The normalized spacial score (nSPS) is 13.3. The zero-order valence-electron chi connectivity index (χ0n) is 12.2. The summed E-state index contributed by atoms with van der Waals surface area (Å²) >= 11 is 1.23. The number of amides is 1. The molecule has 0 aliphatic rings. The quantitative estimate of drug-likeness (QED) is 0.837. The fraction of sp³-hybridized carbons (Fsp3) is 0.846. The van der Waals surface area contributed by atoms with Crippen molar-refractivity contribution in [1.29, 1.82) is 0 Å². The number of rotatable bonds is 5. The molecule has 0 unspecified atom stereocenters. The molecule has 1 amide bonds. The van der Waals surface area contributed by atoms with E-state index in [4.69, 9.17) is 4.74 Å². The topological polar surface area (TPSA) is 55.4 Å². The van der Waals surface area contributed by atoms with Crippen LogP contribution < -0.4 is 5.32 Å². The molecule has 1 N–H and O–H groups in total. The predicted molar refractivity (Wildman–Crippen MR) is 75.8 cm³/mol. The lowest BCUT2D eigenvalue weighted by Gasteiger charge is -2.24. The summed E-state index contributed by atoms with van der Waals surface area (Å²) in [5.41, 5.74) is -0.500. The average Bonchev–Trinajstić information content (AvgIpc) is 2.09. The van der Waals surface area contributed by atoms with Crippen molar-refractivity contribution in [2.75, 3.05) is 5.75 Å². The summed E-state index contributed by atoms with van der Waals surface area (Å²) in [6.45, 7) is 11.2. The summed E-state index contributed by atoms with van der Waals surface area (Å²) in [7, 11) is 0. The molecule has 106 valence electrons. The van der Waals surface area contributed by atoms with Crippen molar-refractivity contribution in [3.63, 3.8) is 0 Å². The van der Waals surface area contributed by atoms with E-state index in [1.165, 1.54) is 18.7 Å². The van der Waals surface area contributed by atoms with Crippen molar-refractivity contribution >= 4 is 23.0 Å². The van der Waals surface area contributed by atoms with Gasteiger partial charge >= 0.3 is 6.09 Å². The Morgan fingerprint density at radius 3 is 2.22 bits per heavy atom. The maximum atomic E-state index is 11.7. The fourth-order valence-electron chi connectivity index (χ4n) is 1.43. The Morgan fingerprint density at radius 1 is 1.28 bits per heavy atom. The van der Waals surface area contributed by atoms with Crippen LogP contribution in [0.1, 0.15) is 48.0 Å². The maximum Gasteiger partial charge on any atom is 0.407 e. The van der Waals surface area contributed by atoms with E-state index in [1.807, 2.05) is 20.8 Å². The van der Waals surface area contributed by atoms with Gasteiger partial charge in [-0.25, -0.2) is 4.79 Å². The zero-order valence-corrected chi connectivity index (χ0v) is 13.0. The summed E-state index contributed by atoms with van der Waals surface area (Å²) in [5, 5.41) is 2.89. The average molecular weight is 275 g/mol. The third kappa shape index (κ3) is 10.4. The second-order valence-electron chi connectivity index (χ2n) is 5.78. The minimum atomic E-state index is -0.500. The Labute approximate surface area is 114 Å². The molecule has 0 saturated heterocycles. The lowest BCUT2D eigenvalue weighted by Crippen LogP contribution is -2.41. The van der Waals surface area contributed by atoms with Crippen LogP contribution in [0.3, 0.4) is 0 Å². The summed E-state index contributed by atoms with van der Waals surface area (Å²) in [6.07, 6.45) is 0.414. The zero-order chi connectivity index (χ0) is 14.3. The van der Waals surface area contributed by atoms with Crippen LogP contribution in [0.5, 0.6) is 0 Å². The molecule has 1 atom stereocenters. The van der Waals surface area contributed by atoms with E-state index in [1.54, 1.807) is 0 Å². The van der Waals surface area contributed by atoms with Crippen LogP contribution in [0, 0.1) is 5.92 Å². The van der Waals surface area contributed by atoms with Gasteiger partial charge in [0.25, 0.3) is 0 Å². The molecule has 0 heterocycles. The van der Waals surface area contributed by atoms with Crippen molar-refractivity contribution in [3.05, 3.63) is 0 Å². The summed E-state index contributed by atoms with van der Waals surface area (Å²) in [6, 6.07) is -0.0336. The molecule has 0 fully saturated rings. The van der Waals surface area contributed by atoms with E-state index >= 15 is 0 Å². The third-order valence-electron chi connectivity index (χ3n) is 1.96. The van der Waals surface area contributed by atoms with Crippen molar-refractivity contribution in [1.82, 2.24) is 5.32 Å². The second kappa shape index (κ2) is 7.67. The van der Waals surface area contributed by atoms with E-state index < -0.39 is 11.7 Å². The van der Waals surface area contributed by atoms with E-state index in [2.05, 4.69) is 19.2 Å². The van der Waals surface area contributed by atoms with E-state index in [0.717, 1.165) is 6.42 Å². The molecule has 0 aromatic heterocycles. The number of hydrogen-bond acceptors (Lipinski definition) is 4. The smallest absolute Gasteiger partial charge is 0.407 e. The SMILES string of the molecule is CC(=O)SC[C@@H](CC(C)C)NC(=O)OC(C)(C)C. The van der Waals surface area contributed by atoms with E-state index in [0.29, 0.717) is 11.7 Å². The van der Waals surface area contributed by atoms with Gasteiger partial charge in [-0.05, 0) is 33.1 Å². The number of carbonyl (C=O) groups is 2. The Bertz CT molecular complexity index is 284. The molecule has 5 heteroatoms. The largest absolute Gasteiger partial charge is 0.444 e. The molecule has 0 saturated carbocycles. The summed E-state index contributed by atoms with van der Waals surface area (Å²) in [4.78, 5) is 22.6. The first-order valence-corrected chi connectivity index (χ1v) is 7.21. The lowest BCUT2D eigenvalue weighted by atomic mass is 10.1. The molecule has 0 aliphatic carbocycles. The fourth-order valence-corrected chi connectivity index (χ4v) is 2.09. The first kappa shape index (κ1) is 17.3. The van der Waals surface area contributed by atoms with Crippen LogP contribution in [0.25, 0.3) is 0 Å². The number of nitrogens with one attached hydrogen (secondary N) is 1. The molecule has 0 aliphatic heterocycles. The highest BCUT2D eigenvalue weighted by Crippen LogP contribution is 2.13. The minimum absolute atomic E-state index is 0.0336. The first-order chi connectivity index (χ1) is 8.10. The number of hydrogen-bond donors (Lipinski definition) is 1. The molecular weight excluding hydrogens is 250 g/mol. The van der Waals surface area contributed by atoms with Gasteiger partial charge in [0.05, 0.1) is 0 Å². The van der Waals surface area contributed by atoms with Gasteiger partial charge in [0.1, 0.15) is 5.60 Å². The summed E-state index contributed by atoms with van der Waals surface area (Å²) in [5.74, 6) is 1.05. The van der Waals surface area contributed by atoms with Gasteiger partial charge in [-0.15, -0.1) is 0 Å².